The summed E-state index contributed by atoms with van der Waals surface area (Å²) in [6, 6.07) is 0. The largest absolute Gasteiger partial charge is 0.394 e. The molecule has 0 aromatic heterocycles. The molecule has 1 amide bonds. The summed E-state index contributed by atoms with van der Waals surface area (Å²) in [5.41, 5.74) is 11.1. The predicted molar refractivity (Wildman–Crippen MR) is 60.0 cm³/mol. The van der Waals surface area contributed by atoms with Gasteiger partial charge in [-0.25, -0.2) is 0 Å². The fourth-order valence-corrected chi connectivity index (χ4v) is 1.87. The summed E-state index contributed by atoms with van der Waals surface area (Å²) < 4.78 is 5.33. The number of amides is 1. The number of carbonyl (C=O) groups excluding carboxylic acids is 1. The van der Waals surface area contributed by atoms with Gasteiger partial charge in [-0.15, -0.1) is 0 Å². The minimum atomic E-state index is -0.764. The molecule has 102 valence electrons. The molecule has 4 atom stereocenters. The highest BCUT2D eigenvalue weighted by Gasteiger charge is 2.35. The van der Waals surface area contributed by atoms with E-state index in [9.17, 15) is 9.90 Å². The Hall–Kier alpha value is -1.55. The van der Waals surface area contributed by atoms with Crippen LogP contribution in [0, 0.1) is 0 Å². The first-order valence-corrected chi connectivity index (χ1v) is 5.55. The Kier molecular flexibility index (Phi) is 3.57. The van der Waals surface area contributed by atoms with Crippen molar-refractivity contribution in [2.75, 3.05) is 6.61 Å². The Balaban J connectivity index is 2.01. The van der Waals surface area contributed by atoms with Crippen molar-refractivity contribution in [2.24, 2.45) is 11.5 Å². The number of hydrogen-bond acceptors (Lipinski definition) is 8. The number of hydrogen-bond donors (Lipinski definition) is 7. The van der Waals surface area contributed by atoms with Gasteiger partial charge in [0.05, 0.1) is 12.7 Å². The first kappa shape index (κ1) is 12.9. The van der Waals surface area contributed by atoms with Gasteiger partial charge in [0.1, 0.15) is 23.8 Å². The number of aliphatic hydroxyl groups excluding tert-OH is 2. The van der Waals surface area contributed by atoms with E-state index in [1.807, 2.05) is 0 Å². The smallest absolute Gasteiger partial charge is 0.273 e. The third kappa shape index (κ3) is 2.48. The lowest BCUT2D eigenvalue weighted by Crippen LogP contribution is -2.59. The normalized spacial score (nSPS) is 36.3. The molecule has 2 heterocycles. The highest BCUT2D eigenvalue weighted by molar-refractivity contribution is 5.94. The van der Waals surface area contributed by atoms with Crippen LogP contribution in [0.3, 0.4) is 0 Å². The zero-order chi connectivity index (χ0) is 13.3. The van der Waals surface area contributed by atoms with Gasteiger partial charge in [0.25, 0.3) is 5.91 Å². The molecule has 2 rings (SSSR count). The Labute approximate surface area is 103 Å². The Morgan fingerprint density at radius 3 is 2.83 bits per heavy atom. The van der Waals surface area contributed by atoms with Crippen LogP contribution in [0.25, 0.3) is 0 Å². The molecule has 9 nitrogen and oxygen atoms in total. The van der Waals surface area contributed by atoms with E-state index in [0.717, 1.165) is 0 Å². The maximum atomic E-state index is 11.4. The molecule has 2 aliphatic heterocycles. The van der Waals surface area contributed by atoms with Crippen molar-refractivity contribution in [1.29, 1.82) is 0 Å². The molecular formula is C9H17N5O4. The third-order valence-corrected chi connectivity index (χ3v) is 2.81. The van der Waals surface area contributed by atoms with E-state index in [4.69, 9.17) is 21.3 Å². The molecule has 0 radical (unpaired) electrons. The quantitative estimate of drug-likeness (QED) is 0.271. The molecular weight excluding hydrogens is 242 g/mol. The lowest BCUT2D eigenvalue weighted by molar-refractivity contribution is -0.119. The summed E-state index contributed by atoms with van der Waals surface area (Å²) >= 11 is 0. The van der Waals surface area contributed by atoms with Gasteiger partial charge in [-0.1, -0.05) is 0 Å². The number of nitrogens with one attached hydrogen (secondary N) is 3. The van der Waals surface area contributed by atoms with Crippen LogP contribution in [-0.4, -0.2) is 47.5 Å². The van der Waals surface area contributed by atoms with Crippen molar-refractivity contribution in [2.45, 2.75) is 31.1 Å². The van der Waals surface area contributed by atoms with Crippen LogP contribution in [-0.2, 0) is 9.53 Å². The van der Waals surface area contributed by atoms with Crippen molar-refractivity contribution in [1.82, 2.24) is 16.0 Å². The number of ether oxygens (including phenoxy) is 1. The van der Waals surface area contributed by atoms with E-state index in [-0.39, 0.29) is 24.5 Å². The summed E-state index contributed by atoms with van der Waals surface area (Å²) in [5, 5.41) is 26.5. The van der Waals surface area contributed by atoms with Gasteiger partial charge >= 0.3 is 0 Å². The highest BCUT2D eigenvalue weighted by Crippen LogP contribution is 2.19. The van der Waals surface area contributed by atoms with Crippen LogP contribution in [0.5, 0.6) is 0 Å². The molecule has 9 N–H and O–H groups in total. The van der Waals surface area contributed by atoms with E-state index in [1.165, 1.54) is 0 Å². The van der Waals surface area contributed by atoms with Gasteiger partial charge < -0.3 is 36.6 Å². The second-order valence-electron chi connectivity index (χ2n) is 4.18. The van der Waals surface area contributed by atoms with Gasteiger partial charge in [0, 0.05) is 6.42 Å². The lowest BCUT2D eigenvalue weighted by atomic mass is 10.2. The zero-order valence-electron chi connectivity index (χ0n) is 9.59. The van der Waals surface area contributed by atoms with Gasteiger partial charge in [-0.3, -0.25) is 10.5 Å². The summed E-state index contributed by atoms with van der Waals surface area (Å²) in [6.07, 6.45) is -2.42. The molecule has 2 aliphatic rings. The average molecular weight is 259 g/mol. The van der Waals surface area contributed by atoms with Gasteiger partial charge in [0.15, 0.2) is 6.29 Å². The van der Waals surface area contributed by atoms with Crippen molar-refractivity contribution in [3.63, 3.8) is 0 Å². The van der Waals surface area contributed by atoms with E-state index in [0.29, 0.717) is 0 Å². The molecule has 18 heavy (non-hydrogen) atoms. The molecule has 0 aromatic rings. The predicted octanol–water partition coefficient (Wildman–Crippen LogP) is -3.87. The monoisotopic (exact) mass is 259 g/mol. The SMILES string of the molecule is NC1=C(N[C@H]2C[C@@H](O)[C@@H](CO)O2)N[C@H](N)NC1=O. The first-order valence-electron chi connectivity index (χ1n) is 5.55. The molecule has 1 fully saturated rings. The maximum absolute atomic E-state index is 11.4. The minimum Gasteiger partial charge on any atom is -0.394 e. The van der Waals surface area contributed by atoms with E-state index in [1.54, 1.807) is 0 Å². The van der Waals surface area contributed by atoms with Gasteiger partial charge in [-0.2, -0.15) is 0 Å². The van der Waals surface area contributed by atoms with Crippen LogP contribution < -0.4 is 27.4 Å². The Bertz CT molecular complexity index is 374. The molecule has 0 spiro atoms. The fraction of sp³-hybridized carbons (Fsp3) is 0.667. The number of carbonyl (C=O) groups is 1. The average Bonchev–Trinajstić information content (AvgIpc) is 2.65. The number of rotatable bonds is 3. The first-order chi connectivity index (χ1) is 8.51. The zero-order valence-corrected chi connectivity index (χ0v) is 9.59. The van der Waals surface area contributed by atoms with Crippen LogP contribution >= 0.6 is 0 Å². The summed E-state index contributed by atoms with van der Waals surface area (Å²) in [6.45, 7) is -0.276. The number of aliphatic hydroxyl groups is 2. The summed E-state index contributed by atoms with van der Waals surface area (Å²) in [7, 11) is 0. The summed E-state index contributed by atoms with van der Waals surface area (Å²) in [4.78, 5) is 11.4. The van der Waals surface area contributed by atoms with Crippen LogP contribution in [0.4, 0.5) is 0 Å². The van der Waals surface area contributed by atoms with Gasteiger partial charge in [-0.05, 0) is 0 Å². The minimum absolute atomic E-state index is 0.0396. The molecule has 9 heteroatoms. The Morgan fingerprint density at radius 2 is 2.22 bits per heavy atom. The molecule has 0 bridgehead atoms. The van der Waals surface area contributed by atoms with E-state index < -0.39 is 30.6 Å². The lowest BCUT2D eigenvalue weighted by Gasteiger charge is -2.28. The standard InChI is InChI=1S/C9H17N5O4/c10-6-7(13-9(11)14-8(6)17)12-5-1-3(16)4(2-15)18-5/h3-5,9,12-13,15-16H,1-2,10-11H2,(H,14,17)/t3-,4-,5-,9+/m1/s1. The number of nitrogens with two attached hydrogens (primary N) is 2. The fourth-order valence-electron chi connectivity index (χ4n) is 1.87. The molecule has 0 aliphatic carbocycles. The molecule has 1 saturated heterocycles. The van der Waals surface area contributed by atoms with Crippen molar-refractivity contribution in [3.8, 4) is 0 Å². The highest BCUT2D eigenvalue weighted by atomic mass is 16.5. The van der Waals surface area contributed by atoms with Crippen LogP contribution in [0.15, 0.2) is 11.5 Å². The second kappa shape index (κ2) is 4.98. The topological polar surface area (TPSA) is 155 Å². The van der Waals surface area contributed by atoms with Crippen molar-refractivity contribution in [3.05, 3.63) is 11.5 Å². The van der Waals surface area contributed by atoms with Crippen LogP contribution in [0.1, 0.15) is 6.42 Å². The summed E-state index contributed by atoms with van der Waals surface area (Å²) in [5.74, 6) is -0.233. The molecule has 0 saturated carbocycles. The van der Waals surface area contributed by atoms with Gasteiger partial charge in [0.2, 0.25) is 0 Å². The Morgan fingerprint density at radius 1 is 1.50 bits per heavy atom. The molecule has 0 aromatic carbocycles. The third-order valence-electron chi connectivity index (χ3n) is 2.81. The van der Waals surface area contributed by atoms with Crippen molar-refractivity contribution >= 4 is 5.91 Å². The maximum Gasteiger partial charge on any atom is 0.273 e. The molecule has 0 unspecified atom stereocenters. The van der Waals surface area contributed by atoms with E-state index in [2.05, 4.69) is 16.0 Å². The van der Waals surface area contributed by atoms with Crippen molar-refractivity contribution < 1.29 is 19.7 Å². The second-order valence-corrected chi connectivity index (χ2v) is 4.18. The van der Waals surface area contributed by atoms with E-state index >= 15 is 0 Å². The van der Waals surface area contributed by atoms with Crippen LogP contribution in [0.2, 0.25) is 0 Å².